The number of rotatable bonds is 5. The number of pyridine rings is 1. The Bertz CT molecular complexity index is 1560. The predicted octanol–water partition coefficient (Wildman–Crippen LogP) is 6.32. The number of anilines is 2. The van der Waals surface area contributed by atoms with Gasteiger partial charge in [0.1, 0.15) is 0 Å². The molecule has 39 heavy (non-hydrogen) atoms. The lowest BCUT2D eigenvalue weighted by Gasteiger charge is -2.40. The van der Waals surface area contributed by atoms with Crippen LogP contribution in [-0.2, 0) is 24.2 Å². The number of carboxylic acid groups (broad SMARTS) is 1. The van der Waals surface area contributed by atoms with E-state index in [1.807, 2.05) is 25.1 Å². The topological polar surface area (TPSA) is 82.7 Å². The van der Waals surface area contributed by atoms with Crippen molar-refractivity contribution in [3.63, 3.8) is 0 Å². The number of nitrogens with zero attached hydrogens (tertiary/aromatic N) is 4. The smallest absolute Gasteiger partial charge is 0.307 e. The van der Waals surface area contributed by atoms with E-state index >= 15 is 0 Å². The molecule has 7 nitrogen and oxygen atoms in total. The second kappa shape index (κ2) is 9.70. The molecule has 1 N–H and O–H groups in total. The highest BCUT2D eigenvalue weighted by Crippen LogP contribution is 2.42. The van der Waals surface area contributed by atoms with Crippen LogP contribution in [0.25, 0.3) is 22.1 Å². The van der Waals surface area contributed by atoms with E-state index in [2.05, 4.69) is 60.0 Å². The number of carbonyl (C=O) groups is 1. The Morgan fingerprint density at radius 1 is 1.00 bits per heavy atom. The number of benzene rings is 2. The summed E-state index contributed by atoms with van der Waals surface area (Å²) in [4.78, 5) is 21.5. The van der Waals surface area contributed by atoms with E-state index in [0.29, 0.717) is 5.41 Å². The van der Waals surface area contributed by atoms with Gasteiger partial charge >= 0.3 is 5.97 Å². The Morgan fingerprint density at radius 2 is 1.77 bits per heavy atom. The van der Waals surface area contributed by atoms with E-state index < -0.39 is 5.97 Å². The molecule has 0 radical (unpaired) electrons. The van der Waals surface area contributed by atoms with Crippen molar-refractivity contribution in [3.8, 4) is 11.1 Å². The standard InChI is InChI=1S/C32H36N4O3/c1-20-26(18-28(37)38)30(35-15-12-32(3,4)13-16-35)29(21(2)33-20)23-9-10-24-19-36(14-11-22(24)17-23)31-25-7-5-6-8-27(25)39-34-31/h5-10,17H,11-16,18-19H2,1-4H3,(H,37,38). The average molecular weight is 525 g/mol. The number of aryl methyl sites for hydroxylation is 2. The Kier molecular flexibility index (Phi) is 6.32. The van der Waals surface area contributed by atoms with Crippen molar-refractivity contribution in [1.29, 1.82) is 0 Å². The van der Waals surface area contributed by atoms with E-state index in [9.17, 15) is 9.90 Å². The molecule has 0 saturated carbocycles. The van der Waals surface area contributed by atoms with Gasteiger partial charge in [-0.1, -0.05) is 49.3 Å². The minimum Gasteiger partial charge on any atom is -0.481 e. The van der Waals surface area contributed by atoms with Gasteiger partial charge in [0.05, 0.1) is 17.5 Å². The summed E-state index contributed by atoms with van der Waals surface area (Å²) < 4.78 is 5.57. The number of para-hydroxylation sites is 1. The maximum Gasteiger partial charge on any atom is 0.307 e. The molecule has 2 aliphatic rings. The van der Waals surface area contributed by atoms with E-state index in [1.54, 1.807) is 0 Å². The molecule has 2 aliphatic heterocycles. The molecular formula is C32H36N4O3. The van der Waals surface area contributed by atoms with Crippen molar-refractivity contribution in [2.75, 3.05) is 29.4 Å². The molecule has 0 amide bonds. The maximum atomic E-state index is 11.9. The van der Waals surface area contributed by atoms with Gasteiger partial charge in [0.25, 0.3) is 0 Å². The number of hydrogen-bond donors (Lipinski definition) is 1. The van der Waals surface area contributed by atoms with Crippen LogP contribution in [-0.4, -0.2) is 40.9 Å². The van der Waals surface area contributed by atoms with Crippen LogP contribution in [0, 0.1) is 19.3 Å². The summed E-state index contributed by atoms with van der Waals surface area (Å²) in [7, 11) is 0. The minimum absolute atomic E-state index is 0.0209. The molecular weight excluding hydrogens is 488 g/mol. The lowest BCUT2D eigenvalue weighted by molar-refractivity contribution is -0.136. The Morgan fingerprint density at radius 3 is 2.54 bits per heavy atom. The third kappa shape index (κ3) is 4.75. The van der Waals surface area contributed by atoms with Gasteiger partial charge in [0.15, 0.2) is 11.4 Å². The summed E-state index contributed by atoms with van der Waals surface area (Å²) in [6.07, 6.45) is 3.04. The summed E-state index contributed by atoms with van der Waals surface area (Å²) >= 11 is 0. The van der Waals surface area contributed by atoms with Gasteiger partial charge in [0.2, 0.25) is 0 Å². The molecule has 6 rings (SSSR count). The van der Waals surface area contributed by atoms with Crippen molar-refractivity contribution >= 4 is 28.4 Å². The fraction of sp³-hybridized carbons (Fsp3) is 0.406. The van der Waals surface area contributed by atoms with Crippen molar-refractivity contribution in [3.05, 3.63) is 70.5 Å². The van der Waals surface area contributed by atoms with Crippen molar-refractivity contribution in [1.82, 2.24) is 10.1 Å². The SMILES string of the molecule is Cc1nc(C)c(-c2ccc3c(c2)CCN(c2noc4ccccc24)C3)c(N2CCC(C)(C)CC2)c1CC(=O)O. The summed E-state index contributed by atoms with van der Waals surface area (Å²) in [5, 5.41) is 15.2. The zero-order valence-corrected chi connectivity index (χ0v) is 23.3. The number of aliphatic carboxylic acids is 1. The van der Waals surface area contributed by atoms with E-state index in [0.717, 1.165) is 96.0 Å². The monoisotopic (exact) mass is 524 g/mol. The Hall–Kier alpha value is -3.87. The second-order valence-electron chi connectivity index (χ2n) is 11.9. The average Bonchev–Trinajstić information content (AvgIpc) is 3.34. The molecule has 1 saturated heterocycles. The van der Waals surface area contributed by atoms with Crippen LogP contribution in [0.15, 0.2) is 47.0 Å². The van der Waals surface area contributed by atoms with Crippen LogP contribution in [0.4, 0.5) is 11.5 Å². The largest absolute Gasteiger partial charge is 0.481 e. The van der Waals surface area contributed by atoms with Crippen molar-refractivity contribution < 1.29 is 14.4 Å². The van der Waals surface area contributed by atoms with Crippen molar-refractivity contribution in [2.45, 2.75) is 59.9 Å². The molecule has 4 heterocycles. The first kappa shape index (κ1) is 25.4. The number of hydrogen-bond acceptors (Lipinski definition) is 6. The maximum absolute atomic E-state index is 11.9. The third-order valence-corrected chi connectivity index (χ3v) is 8.58. The van der Waals surface area contributed by atoms with Crippen LogP contribution in [0.5, 0.6) is 0 Å². The van der Waals surface area contributed by atoms with Gasteiger partial charge in [-0.15, -0.1) is 0 Å². The second-order valence-corrected chi connectivity index (χ2v) is 11.9. The highest BCUT2D eigenvalue weighted by molar-refractivity contribution is 5.89. The van der Waals surface area contributed by atoms with E-state index in [4.69, 9.17) is 9.51 Å². The number of carboxylic acids is 1. The van der Waals surface area contributed by atoms with Crippen LogP contribution >= 0.6 is 0 Å². The summed E-state index contributed by atoms with van der Waals surface area (Å²) in [6, 6.07) is 14.7. The lowest BCUT2D eigenvalue weighted by Crippen LogP contribution is -2.38. The zero-order chi connectivity index (χ0) is 27.3. The van der Waals surface area contributed by atoms with Gasteiger partial charge in [-0.05, 0) is 67.3 Å². The van der Waals surface area contributed by atoms with Crippen LogP contribution in [0.1, 0.15) is 54.8 Å². The first-order chi connectivity index (χ1) is 18.7. The summed E-state index contributed by atoms with van der Waals surface area (Å²) in [5.74, 6) is 0.0757. The number of fused-ring (bicyclic) bond motifs is 2. The molecule has 0 aliphatic carbocycles. The molecule has 0 unspecified atom stereocenters. The van der Waals surface area contributed by atoms with Gasteiger partial charge in [0, 0.05) is 48.7 Å². The molecule has 0 bridgehead atoms. The summed E-state index contributed by atoms with van der Waals surface area (Å²) in [6.45, 7) is 12.1. The predicted molar refractivity (Wildman–Crippen MR) is 154 cm³/mol. The molecule has 2 aromatic carbocycles. The fourth-order valence-corrected chi connectivity index (χ4v) is 6.25. The molecule has 7 heteroatoms. The van der Waals surface area contributed by atoms with Crippen LogP contribution < -0.4 is 9.80 Å². The Labute approximate surface area is 229 Å². The molecule has 202 valence electrons. The van der Waals surface area contributed by atoms with Gasteiger partial charge in [-0.25, -0.2) is 0 Å². The first-order valence-electron chi connectivity index (χ1n) is 13.9. The molecule has 4 aromatic rings. The molecule has 1 fully saturated rings. The Balaban J connectivity index is 1.39. The van der Waals surface area contributed by atoms with Gasteiger partial charge < -0.3 is 19.4 Å². The van der Waals surface area contributed by atoms with Gasteiger partial charge in [-0.3, -0.25) is 9.78 Å². The van der Waals surface area contributed by atoms with Crippen LogP contribution in [0.2, 0.25) is 0 Å². The highest BCUT2D eigenvalue weighted by atomic mass is 16.5. The minimum atomic E-state index is -0.820. The highest BCUT2D eigenvalue weighted by Gasteiger charge is 2.31. The molecule has 2 aromatic heterocycles. The lowest BCUT2D eigenvalue weighted by atomic mass is 9.82. The normalized spacial score (nSPS) is 16.9. The van der Waals surface area contributed by atoms with E-state index in [-0.39, 0.29) is 6.42 Å². The fourth-order valence-electron chi connectivity index (χ4n) is 6.25. The molecule has 0 spiro atoms. The zero-order valence-electron chi connectivity index (χ0n) is 23.3. The quantitative estimate of drug-likeness (QED) is 0.327. The molecule has 0 atom stereocenters. The number of piperidine rings is 1. The van der Waals surface area contributed by atoms with Gasteiger partial charge in [-0.2, -0.15) is 0 Å². The van der Waals surface area contributed by atoms with Crippen molar-refractivity contribution in [2.24, 2.45) is 5.41 Å². The third-order valence-electron chi connectivity index (χ3n) is 8.58. The number of aromatic nitrogens is 2. The summed E-state index contributed by atoms with van der Waals surface area (Å²) in [5.41, 5.74) is 9.56. The van der Waals surface area contributed by atoms with E-state index in [1.165, 1.54) is 11.1 Å². The van der Waals surface area contributed by atoms with Crippen LogP contribution in [0.3, 0.4) is 0 Å². The first-order valence-corrected chi connectivity index (χ1v) is 13.9.